The van der Waals surface area contributed by atoms with Crippen LogP contribution >= 0.6 is 0 Å². The number of ether oxygens (including phenoxy) is 1. The van der Waals surface area contributed by atoms with Gasteiger partial charge < -0.3 is 4.74 Å². The SMILES string of the molecule is COC(=O)C1=C(C)C2c3ccccc3C1c1c(C#C[Si](C)(C)C)ccc(C#C[Si](C)(C)C)c12.C[Si](C)(C)C#Cc1c2ccccc2c(C#C[Si](C)(C)C)c2ccccc12.O=C=O. The molecule has 0 heterocycles. The molecule has 0 aromatic heterocycles. The normalized spacial score (nSPS) is 14.8. The van der Waals surface area contributed by atoms with Crippen molar-refractivity contribution in [1.29, 1.82) is 0 Å². The zero-order chi connectivity index (χ0) is 45.8. The highest BCUT2D eigenvalue weighted by atomic mass is 28.3. The highest BCUT2D eigenvalue weighted by Crippen LogP contribution is 2.57. The van der Waals surface area contributed by atoms with Crippen LogP contribution in [0.25, 0.3) is 21.5 Å². The standard InChI is InChI=1S/C29H32O2Si2.C24H26Si2.CO2/c1-19-24-22-11-9-10-12-23(22)28(25(19)29(30)31-2)27-21(16-18-33(6,7)8)14-13-20(26(24)27)15-17-32(3,4)5;1-25(2,3)17-15-23-19-11-7-9-13-21(19)24(16-18-26(4,5)6)22-14-10-8-12-20(22)23;2-1-3/h9-14,24,28H,1-8H3;7-14H,1-6H3;. The predicted molar refractivity (Wildman–Crippen MR) is 269 cm³/mol. The van der Waals surface area contributed by atoms with Crippen molar-refractivity contribution in [2.45, 2.75) is 97.3 Å². The van der Waals surface area contributed by atoms with Gasteiger partial charge in [0, 0.05) is 39.7 Å². The molecule has 4 nitrogen and oxygen atoms in total. The molecule has 3 aliphatic carbocycles. The van der Waals surface area contributed by atoms with Crippen LogP contribution in [0.15, 0.2) is 96.1 Å². The zero-order valence-electron chi connectivity index (χ0n) is 38.9. The predicted octanol–water partition coefficient (Wildman–Crippen LogP) is 12.1. The second-order valence-corrected chi connectivity index (χ2v) is 39.0. The number of benzene rings is 5. The molecule has 0 spiro atoms. The molecule has 2 bridgehead atoms. The number of carbonyl (C=O) groups excluding carboxylic acids is 3. The van der Waals surface area contributed by atoms with Gasteiger partial charge in [-0.2, -0.15) is 9.59 Å². The molecule has 314 valence electrons. The van der Waals surface area contributed by atoms with Crippen LogP contribution in [0.1, 0.15) is 63.3 Å². The van der Waals surface area contributed by atoms with Crippen LogP contribution in [0, 0.1) is 45.9 Å². The van der Waals surface area contributed by atoms with Crippen LogP contribution in [0.5, 0.6) is 0 Å². The Morgan fingerprint density at radius 3 is 1.13 bits per heavy atom. The van der Waals surface area contributed by atoms with E-state index in [1.807, 2.05) is 0 Å². The molecule has 62 heavy (non-hydrogen) atoms. The van der Waals surface area contributed by atoms with Gasteiger partial charge in [-0.05, 0) is 68.4 Å². The topological polar surface area (TPSA) is 60.4 Å². The average Bonchev–Trinajstić information content (AvgIpc) is 3.19. The maximum absolute atomic E-state index is 13.0. The van der Waals surface area contributed by atoms with Crippen molar-refractivity contribution in [1.82, 2.24) is 0 Å². The molecule has 5 aromatic carbocycles. The molecule has 0 radical (unpaired) electrons. The van der Waals surface area contributed by atoms with E-state index in [0.717, 1.165) is 39.0 Å². The largest absolute Gasteiger partial charge is 0.466 e. The van der Waals surface area contributed by atoms with E-state index in [2.05, 4.69) is 216 Å². The molecule has 3 aliphatic rings. The van der Waals surface area contributed by atoms with E-state index in [0.29, 0.717) is 0 Å². The summed E-state index contributed by atoms with van der Waals surface area (Å²) in [5.41, 5.74) is 25.3. The minimum Gasteiger partial charge on any atom is -0.466 e. The number of hydrogen-bond donors (Lipinski definition) is 0. The fourth-order valence-electron chi connectivity index (χ4n) is 7.75. The van der Waals surface area contributed by atoms with E-state index in [1.165, 1.54) is 45.3 Å². The lowest BCUT2D eigenvalue weighted by atomic mass is 9.59. The van der Waals surface area contributed by atoms with Crippen LogP contribution < -0.4 is 0 Å². The number of methoxy groups -OCH3 is 1. The summed E-state index contributed by atoms with van der Waals surface area (Å²) in [5, 5.41) is 4.88. The van der Waals surface area contributed by atoms with Crippen LogP contribution in [-0.4, -0.2) is 51.5 Å². The first-order chi connectivity index (χ1) is 29.0. The first kappa shape index (κ1) is 47.4. The van der Waals surface area contributed by atoms with Crippen LogP contribution in [0.2, 0.25) is 78.6 Å². The smallest absolute Gasteiger partial charge is 0.373 e. The summed E-state index contributed by atoms with van der Waals surface area (Å²) in [4.78, 5) is 29.3. The quantitative estimate of drug-likeness (QED) is 0.0728. The third-order valence-corrected chi connectivity index (χ3v) is 13.7. The van der Waals surface area contributed by atoms with Gasteiger partial charge >= 0.3 is 12.1 Å². The number of esters is 1. The van der Waals surface area contributed by atoms with E-state index < -0.39 is 32.3 Å². The summed E-state index contributed by atoms with van der Waals surface area (Å²) >= 11 is 0. The monoisotopic (exact) mass is 882 g/mol. The van der Waals surface area contributed by atoms with Crippen LogP contribution in [0.4, 0.5) is 0 Å². The Hall–Kier alpha value is -5.68. The fourth-order valence-corrected chi connectivity index (χ4v) is 9.77. The van der Waals surface area contributed by atoms with Gasteiger partial charge in [0.2, 0.25) is 0 Å². The minimum absolute atomic E-state index is 0.00475. The molecule has 0 amide bonds. The molecule has 5 aromatic rings. The lowest BCUT2D eigenvalue weighted by Crippen LogP contribution is -2.32. The Morgan fingerprint density at radius 1 is 0.484 bits per heavy atom. The molecule has 8 heteroatoms. The Balaban J connectivity index is 0.000000226. The summed E-state index contributed by atoms with van der Waals surface area (Å²) < 4.78 is 5.27. The highest BCUT2D eigenvalue weighted by Gasteiger charge is 2.46. The number of hydrogen-bond acceptors (Lipinski definition) is 4. The van der Waals surface area contributed by atoms with Crippen molar-refractivity contribution in [2.24, 2.45) is 0 Å². The second kappa shape index (κ2) is 18.7. The number of rotatable bonds is 1. The van der Waals surface area contributed by atoms with E-state index in [9.17, 15) is 4.79 Å². The summed E-state index contributed by atoms with van der Waals surface area (Å²) in [5.74, 6) is 13.7. The van der Waals surface area contributed by atoms with Crippen LogP contribution in [0.3, 0.4) is 0 Å². The van der Waals surface area contributed by atoms with Gasteiger partial charge in [0.15, 0.2) is 0 Å². The first-order valence-corrected chi connectivity index (χ1v) is 35.1. The van der Waals surface area contributed by atoms with Crippen molar-refractivity contribution in [3.63, 3.8) is 0 Å². The van der Waals surface area contributed by atoms with Gasteiger partial charge in [-0.25, -0.2) is 4.79 Å². The summed E-state index contributed by atoms with van der Waals surface area (Å²) in [6, 6.07) is 29.9. The van der Waals surface area contributed by atoms with E-state index in [-0.39, 0.29) is 24.0 Å². The molecule has 2 atom stereocenters. The Labute approximate surface area is 374 Å². The lowest BCUT2D eigenvalue weighted by molar-refractivity contribution is -0.191. The van der Waals surface area contributed by atoms with Crippen molar-refractivity contribution in [2.75, 3.05) is 7.11 Å². The third-order valence-electron chi connectivity index (χ3n) is 10.2. The highest BCUT2D eigenvalue weighted by molar-refractivity contribution is 6.85. The van der Waals surface area contributed by atoms with E-state index in [4.69, 9.17) is 14.3 Å². The van der Waals surface area contributed by atoms with Crippen LogP contribution in [-0.2, 0) is 19.1 Å². The molecule has 0 aliphatic heterocycles. The average molecular weight is 883 g/mol. The second-order valence-electron chi connectivity index (χ2n) is 20.0. The molecular formula is C54H58O4Si4. The molecule has 0 saturated carbocycles. The van der Waals surface area contributed by atoms with Gasteiger partial charge in [0.05, 0.1) is 7.11 Å². The van der Waals surface area contributed by atoms with E-state index >= 15 is 0 Å². The van der Waals surface area contributed by atoms with Gasteiger partial charge in [-0.3, -0.25) is 0 Å². The van der Waals surface area contributed by atoms with Gasteiger partial charge in [-0.15, -0.1) is 22.2 Å². The summed E-state index contributed by atoms with van der Waals surface area (Å²) in [7, 11) is -4.57. The molecule has 2 unspecified atom stereocenters. The van der Waals surface area contributed by atoms with Crippen molar-refractivity contribution in [3.8, 4) is 45.9 Å². The number of carbonyl (C=O) groups is 1. The summed E-state index contributed by atoms with van der Waals surface area (Å²) in [6.45, 7) is 29.4. The number of fused-ring (bicyclic) bond motifs is 2. The molecule has 0 N–H and O–H groups in total. The molecule has 8 rings (SSSR count). The first-order valence-electron chi connectivity index (χ1n) is 21.1. The maximum Gasteiger partial charge on any atom is 0.373 e. The Bertz CT molecular complexity index is 2770. The van der Waals surface area contributed by atoms with Gasteiger partial charge in [0.25, 0.3) is 0 Å². The van der Waals surface area contributed by atoms with Crippen molar-refractivity contribution >= 4 is 66.0 Å². The maximum atomic E-state index is 13.0. The Morgan fingerprint density at radius 2 is 0.790 bits per heavy atom. The lowest BCUT2D eigenvalue weighted by Gasteiger charge is -2.43. The third kappa shape index (κ3) is 11.0. The zero-order valence-corrected chi connectivity index (χ0v) is 42.9. The molecule has 0 saturated heterocycles. The molecule has 0 fully saturated rings. The summed E-state index contributed by atoms with van der Waals surface area (Å²) in [6.07, 6.45) is 0.250. The fraction of sp³-hybridized carbons (Fsp3) is 0.296. The number of allylic oxidation sites excluding steroid dienone is 1. The minimum atomic E-state index is -1.58. The Kier molecular flexibility index (Phi) is 14.3. The van der Waals surface area contributed by atoms with Crippen molar-refractivity contribution in [3.05, 3.63) is 141 Å². The van der Waals surface area contributed by atoms with E-state index in [1.54, 1.807) is 0 Å². The van der Waals surface area contributed by atoms with Gasteiger partial charge in [0.1, 0.15) is 32.3 Å². The van der Waals surface area contributed by atoms with Crippen molar-refractivity contribution < 1.29 is 19.1 Å². The van der Waals surface area contributed by atoms with Gasteiger partial charge in [-0.1, -0.05) is 175 Å². The molecular weight excluding hydrogens is 825 g/mol.